The number of rotatable bonds is 8. The summed E-state index contributed by atoms with van der Waals surface area (Å²) in [7, 11) is 0. The molecule has 0 saturated heterocycles. The second kappa shape index (κ2) is 10.9. The van der Waals surface area contributed by atoms with Crippen molar-refractivity contribution in [3.05, 3.63) is 65.6 Å². The average Bonchev–Trinajstić information content (AvgIpc) is 3.27. The zero-order valence-corrected chi connectivity index (χ0v) is 19.6. The predicted molar refractivity (Wildman–Crippen MR) is 124 cm³/mol. The lowest BCUT2D eigenvalue weighted by Crippen LogP contribution is -2.09. The van der Waals surface area contributed by atoms with E-state index in [1.54, 1.807) is 22.9 Å². The molecule has 0 aliphatic heterocycles. The number of alkyl halides is 3. The molecule has 2 aromatic heterocycles. The van der Waals surface area contributed by atoms with Crippen LogP contribution in [-0.4, -0.2) is 27.3 Å². The van der Waals surface area contributed by atoms with Crippen molar-refractivity contribution < 1.29 is 27.4 Å². The van der Waals surface area contributed by atoms with Crippen LogP contribution in [0.1, 0.15) is 68.2 Å². The molecule has 2 heterocycles. The Kier molecular flexibility index (Phi) is 7.73. The van der Waals surface area contributed by atoms with Crippen molar-refractivity contribution in [2.75, 3.05) is 6.61 Å². The molecule has 0 amide bonds. The van der Waals surface area contributed by atoms with Gasteiger partial charge in [-0.3, -0.25) is 4.79 Å². The van der Waals surface area contributed by atoms with E-state index in [9.17, 15) is 18.0 Å². The molecule has 0 spiro atoms. The number of hydrogen-bond donors (Lipinski definition) is 0. The van der Waals surface area contributed by atoms with Gasteiger partial charge in [-0.15, -0.1) is 0 Å². The van der Waals surface area contributed by atoms with Crippen LogP contribution in [0.2, 0.25) is 0 Å². The van der Waals surface area contributed by atoms with Crippen LogP contribution in [0.3, 0.4) is 0 Å². The van der Waals surface area contributed by atoms with Crippen LogP contribution in [0.25, 0.3) is 5.82 Å². The normalized spacial score (nSPS) is 14.6. The number of nitrogens with zero attached hydrogens (tertiary/aromatic N) is 3. The molecule has 1 aliphatic carbocycles. The predicted octanol–water partition coefficient (Wildman–Crippen LogP) is 6.27. The molecule has 9 heteroatoms. The molecule has 0 N–H and O–H groups in total. The first-order chi connectivity index (χ1) is 16.8. The summed E-state index contributed by atoms with van der Waals surface area (Å²) >= 11 is 0. The molecular formula is C26H28F3N3O3. The SMILES string of the molecule is CC(=O)Oc1ccccc1OCCCc1cn(-c2ccc(C(F)(F)F)cn2)nc1C1CCCCC1. The van der Waals surface area contributed by atoms with E-state index in [0.29, 0.717) is 42.7 Å². The molecule has 0 unspecified atom stereocenters. The molecule has 0 atom stereocenters. The number of ether oxygens (including phenoxy) is 2. The fourth-order valence-electron chi connectivity index (χ4n) is 4.40. The van der Waals surface area contributed by atoms with Crippen molar-refractivity contribution in [2.45, 2.75) is 64.0 Å². The summed E-state index contributed by atoms with van der Waals surface area (Å²) in [5.74, 6) is 1.15. The van der Waals surface area contributed by atoms with E-state index in [1.165, 1.54) is 19.4 Å². The van der Waals surface area contributed by atoms with E-state index in [-0.39, 0.29) is 0 Å². The lowest BCUT2D eigenvalue weighted by Gasteiger charge is -2.21. The van der Waals surface area contributed by atoms with Gasteiger partial charge in [-0.25, -0.2) is 9.67 Å². The van der Waals surface area contributed by atoms with Gasteiger partial charge in [-0.2, -0.15) is 18.3 Å². The van der Waals surface area contributed by atoms with Crippen LogP contribution in [0.5, 0.6) is 11.5 Å². The van der Waals surface area contributed by atoms with Crippen molar-refractivity contribution in [1.29, 1.82) is 0 Å². The number of hydrogen-bond acceptors (Lipinski definition) is 5. The molecule has 4 rings (SSSR count). The van der Waals surface area contributed by atoms with E-state index in [4.69, 9.17) is 14.6 Å². The monoisotopic (exact) mass is 487 g/mol. The Morgan fingerprint density at radius 3 is 2.49 bits per heavy atom. The van der Waals surface area contributed by atoms with Crippen LogP contribution in [0.4, 0.5) is 13.2 Å². The van der Waals surface area contributed by atoms with Crippen molar-refractivity contribution in [3.8, 4) is 17.3 Å². The van der Waals surface area contributed by atoms with Gasteiger partial charge in [-0.05, 0) is 55.5 Å². The Morgan fingerprint density at radius 1 is 1.09 bits per heavy atom. The van der Waals surface area contributed by atoms with Gasteiger partial charge in [0.25, 0.3) is 0 Å². The third-order valence-electron chi connectivity index (χ3n) is 6.08. The number of carbonyl (C=O) groups excluding carboxylic acids is 1. The molecule has 6 nitrogen and oxygen atoms in total. The maximum absolute atomic E-state index is 12.9. The number of pyridine rings is 1. The molecular weight excluding hydrogens is 459 g/mol. The van der Waals surface area contributed by atoms with Gasteiger partial charge < -0.3 is 9.47 Å². The topological polar surface area (TPSA) is 66.2 Å². The smallest absolute Gasteiger partial charge is 0.417 e. The maximum Gasteiger partial charge on any atom is 0.417 e. The third kappa shape index (κ3) is 6.41. The number of benzene rings is 1. The Balaban J connectivity index is 1.47. The number of halogens is 3. The number of aromatic nitrogens is 3. The van der Waals surface area contributed by atoms with Crippen LogP contribution >= 0.6 is 0 Å². The Labute approximate surface area is 202 Å². The van der Waals surface area contributed by atoms with Crippen LogP contribution in [-0.2, 0) is 17.4 Å². The quantitative estimate of drug-likeness (QED) is 0.213. The largest absolute Gasteiger partial charge is 0.490 e. The van der Waals surface area contributed by atoms with Crippen molar-refractivity contribution in [3.63, 3.8) is 0 Å². The Morgan fingerprint density at radius 2 is 1.83 bits per heavy atom. The fraction of sp³-hybridized carbons (Fsp3) is 0.423. The summed E-state index contributed by atoms with van der Waals surface area (Å²) in [6, 6.07) is 9.38. The van der Waals surface area contributed by atoms with Crippen molar-refractivity contribution in [2.24, 2.45) is 0 Å². The first kappa shape index (κ1) is 24.8. The highest BCUT2D eigenvalue weighted by molar-refractivity contribution is 5.70. The summed E-state index contributed by atoms with van der Waals surface area (Å²) in [4.78, 5) is 15.3. The minimum atomic E-state index is -4.43. The molecule has 3 aromatic rings. The number of esters is 1. The van der Waals surface area contributed by atoms with E-state index < -0.39 is 17.7 Å². The standard InChI is InChI=1S/C26H28F3N3O3/c1-18(33)35-23-12-6-5-11-22(23)34-15-7-10-20-17-32(31-25(20)19-8-3-2-4-9-19)24-14-13-21(16-30-24)26(27,28)29/h5-6,11-14,16-17,19H,2-4,7-10,15H2,1H3. The lowest BCUT2D eigenvalue weighted by atomic mass is 9.85. The Bertz CT molecular complexity index is 1140. The van der Waals surface area contributed by atoms with Crippen LogP contribution < -0.4 is 9.47 Å². The van der Waals surface area contributed by atoms with Gasteiger partial charge in [0.1, 0.15) is 0 Å². The highest BCUT2D eigenvalue weighted by Crippen LogP contribution is 2.35. The zero-order valence-electron chi connectivity index (χ0n) is 19.6. The summed E-state index contributed by atoms with van der Waals surface area (Å²) in [5, 5.41) is 4.75. The summed E-state index contributed by atoms with van der Waals surface area (Å²) in [5.41, 5.74) is 1.26. The summed E-state index contributed by atoms with van der Waals surface area (Å²) in [6.45, 7) is 1.75. The molecule has 1 aromatic carbocycles. The maximum atomic E-state index is 12.9. The number of carbonyl (C=O) groups is 1. The summed E-state index contributed by atoms with van der Waals surface area (Å²) in [6.07, 6.45) is 5.27. The molecule has 1 aliphatic rings. The highest BCUT2D eigenvalue weighted by atomic mass is 19.4. The van der Waals surface area contributed by atoms with Gasteiger partial charge in [0.15, 0.2) is 17.3 Å². The van der Waals surface area contributed by atoms with E-state index >= 15 is 0 Å². The van der Waals surface area contributed by atoms with Gasteiger partial charge in [0.2, 0.25) is 0 Å². The summed E-state index contributed by atoms with van der Waals surface area (Å²) < 4.78 is 51.4. The van der Waals surface area contributed by atoms with Crippen LogP contribution in [0.15, 0.2) is 48.8 Å². The van der Waals surface area contributed by atoms with E-state index in [2.05, 4.69) is 4.98 Å². The van der Waals surface area contributed by atoms with Crippen molar-refractivity contribution in [1.82, 2.24) is 14.8 Å². The van der Waals surface area contributed by atoms with Gasteiger partial charge in [-0.1, -0.05) is 31.4 Å². The molecule has 1 saturated carbocycles. The minimum Gasteiger partial charge on any atom is -0.490 e. The molecule has 186 valence electrons. The van der Waals surface area contributed by atoms with Crippen LogP contribution in [0, 0.1) is 0 Å². The zero-order chi connectivity index (χ0) is 24.8. The molecule has 1 fully saturated rings. The average molecular weight is 488 g/mol. The first-order valence-electron chi connectivity index (χ1n) is 11.8. The molecule has 35 heavy (non-hydrogen) atoms. The van der Waals surface area contributed by atoms with Crippen molar-refractivity contribution >= 4 is 5.97 Å². The number of aryl methyl sites for hydroxylation is 1. The van der Waals surface area contributed by atoms with Gasteiger partial charge in [0.05, 0.1) is 17.9 Å². The van der Waals surface area contributed by atoms with E-state index in [0.717, 1.165) is 49.2 Å². The molecule has 0 bridgehead atoms. The first-order valence-corrected chi connectivity index (χ1v) is 11.8. The second-order valence-electron chi connectivity index (χ2n) is 8.71. The fourth-order valence-corrected chi connectivity index (χ4v) is 4.40. The minimum absolute atomic E-state index is 0.333. The number of para-hydroxylation sites is 2. The Hall–Kier alpha value is -3.36. The molecule has 0 radical (unpaired) electrons. The van der Waals surface area contributed by atoms with Gasteiger partial charge >= 0.3 is 12.1 Å². The lowest BCUT2D eigenvalue weighted by molar-refractivity contribution is -0.138. The third-order valence-corrected chi connectivity index (χ3v) is 6.08. The van der Waals surface area contributed by atoms with E-state index in [1.807, 2.05) is 12.3 Å². The second-order valence-corrected chi connectivity index (χ2v) is 8.71. The highest BCUT2D eigenvalue weighted by Gasteiger charge is 2.31. The van der Waals surface area contributed by atoms with Gasteiger partial charge in [0, 0.05) is 25.2 Å².